The molecule has 2 heteroatoms. The van der Waals surface area contributed by atoms with Gasteiger partial charge in [0.05, 0.1) is 12.2 Å². The first kappa shape index (κ1) is 9.17. The Morgan fingerprint density at radius 2 is 1.93 bits per heavy atom. The molecule has 1 saturated carbocycles. The van der Waals surface area contributed by atoms with Crippen molar-refractivity contribution in [1.82, 2.24) is 5.32 Å². The SMILES string of the molecule is CC1CC(NC2CC3CCC2O3)C1C. The molecule has 2 bridgehead atoms. The lowest BCUT2D eigenvalue weighted by Crippen LogP contribution is -2.54. The van der Waals surface area contributed by atoms with Gasteiger partial charge >= 0.3 is 0 Å². The van der Waals surface area contributed by atoms with E-state index in [1.807, 2.05) is 0 Å². The molecule has 2 aliphatic heterocycles. The average Bonchev–Trinajstić information content (AvgIpc) is 2.78. The van der Waals surface area contributed by atoms with E-state index in [9.17, 15) is 0 Å². The molecule has 6 atom stereocenters. The first-order chi connectivity index (χ1) is 6.74. The molecule has 1 aliphatic carbocycles. The zero-order valence-corrected chi connectivity index (χ0v) is 9.20. The van der Waals surface area contributed by atoms with E-state index < -0.39 is 0 Å². The van der Waals surface area contributed by atoms with E-state index in [4.69, 9.17) is 4.74 Å². The molecule has 2 heterocycles. The fourth-order valence-electron chi connectivity index (χ4n) is 3.34. The van der Waals surface area contributed by atoms with Crippen molar-refractivity contribution < 1.29 is 4.74 Å². The Labute approximate surface area is 86.4 Å². The van der Waals surface area contributed by atoms with Crippen LogP contribution in [0.5, 0.6) is 0 Å². The summed E-state index contributed by atoms with van der Waals surface area (Å²) in [6.07, 6.45) is 6.36. The second-order valence-electron chi connectivity index (χ2n) is 5.56. The summed E-state index contributed by atoms with van der Waals surface area (Å²) in [5.41, 5.74) is 0. The van der Waals surface area contributed by atoms with Crippen LogP contribution in [0.15, 0.2) is 0 Å². The van der Waals surface area contributed by atoms with Crippen molar-refractivity contribution in [3.8, 4) is 0 Å². The third-order valence-corrected chi connectivity index (χ3v) is 4.69. The minimum atomic E-state index is 0.545. The Kier molecular flexibility index (Phi) is 2.10. The van der Waals surface area contributed by atoms with Gasteiger partial charge in [0.1, 0.15) is 0 Å². The number of hydrogen-bond donors (Lipinski definition) is 1. The first-order valence-corrected chi connectivity index (χ1v) is 6.15. The van der Waals surface area contributed by atoms with E-state index in [2.05, 4.69) is 19.2 Å². The molecule has 14 heavy (non-hydrogen) atoms. The molecule has 2 saturated heterocycles. The Hall–Kier alpha value is -0.0800. The van der Waals surface area contributed by atoms with Gasteiger partial charge in [0, 0.05) is 12.1 Å². The molecule has 6 unspecified atom stereocenters. The maximum absolute atomic E-state index is 5.85. The van der Waals surface area contributed by atoms with Gasteiger partial charge in [-0.25, -0.2) is 0 Å². The molecule has 0 amide bonds. The van der Waals surface area contributed by atoms with Gasteiger partial charge in [0.25, 0.3) is 0 Å². The van der Waals surface area contributed by atoms with Gasteiger partial charge in [0.2, 0.25) is 0 Å². The summed E-state index contributed by atoms with van der Waals surface area (Å²) in [5.74, 6) is 1.79. The molecule has 80 valence electrons. The van der Waals surface area contributed by atoms with Crippen molar-refractivity contribution in [3.05, 3.63) is 0 Å². The fraction of sp³-hybridized carbons (Fsp3) is 1.00. The van der Waals surface area contributed by atoms with Crippen LogP contribution < -0.4 is 5.32 Å². The van der Waals surface area contributed by atoms with Gasteiger partial charge in [-0.15, -0.1) is 0 Å². The normalized spacial score (nSPS) is 56.1. The molecule has 3 rings (SSSR count). The highest BCUT2D eigenvalue weighted by molar-refractivity contribution is 4.99. The van der Waals surface area contributed by atoms with Crippen molar-refractivity contribution in [3.63, 3.8) is 0 Å². The van der Waals surface area contributed by atoms with Gasteiger partial charge in [-0.3, -0.25) is 0 Å². The highest BCUT2D eigenvalue weighted by Crippen LogP contribution is 2.38. The van der Waals surface area contributed by atoms with Crippen LogP contribution in [0.2, 0.25) is 0 Å². The number of ether oxygens (including phenoxy) is 1. The lowest BCUT2D eigenvalue weighted by Gasteiger charge is -2.43. The Balaban J connectivity index is 1.54. The van der Waals surface area contributed by atoms with Crippen LogP contribution in [0.4, 0.5) is 0 Å². The standard InChI is InChI=1S/C12H21NO/c1-7-5-10(8(7)2)13-11-6-9-3-4-12(11)14-9/h7-13H,3-6H2,1-2H3. The van der Waals surface area contributed by atoms with E-state index in [0.717, 1.165) is 17.9 Å². The first-order valence-electron chi connectivity index (χ1n) is 6.15. The largest absolute Gasteiger partial charge is 0.373 e. The van der Waals surface area contributed by atoms with Crippen LogP contribution in [0.1, 0.15) is 39.5 Å². The van der Waals surface area contributed by atoms with Crippen LogP contribution in [-0.4, -0.2) is 24.3 Å². The van der Waals surface area contributed by atoms with Crippen molar-refractivity contribution >= 4 is 0 Å². The molecule has 0 radical (unpaired) electrons. The molecular weight excluding hydrogens is 174 g/mol. The summed E-state index contributed by atoms with van der Waals surface area (Å²) in [6, 6.07) is 1.45. The average molecular weight is 195 g/mol. The van der Waals surface area contributed by atoms with Crippen molar-refractivity contribution in [2.24, 2.45) is 11.8 Å². The smallest absolute Gasteiger partial charge is 0.0733 e. The topological polar surface area (TPSA) is 21.3 Å². The molecular formula is C12H21NO. The zero-order valence-electron chi connectivity index (χ0n) is 9.20. The van der Waals surface area contributed by atoms with Crippen molar-refractivity contribution in [2.45, 2.75) is 63.8 Å². The van der Waals surface area contributed by atoms with E-state index in [-0.39, 0.29) is 0 Å². The minimum absolute atomic E-state index is 0.545. The van der Waals surface area contributed by atoms with Crippen LogP contribution in [0, 0.1) is 11.8 Å². The molecule has 0 spiro atoms. The number of fused-ring (bicyclic) bond motifs is 2. The fourth-order valence-corrected chi connectivity index (χ4v) is 3.34. The zero-order chi connectivity index (χ0) is 9.71. The second-order valence-corrected chi connectivity index (χ2v) is 5.56. The third-order valence-electron chi connectivity index (χ3n) is 4.69. The predicted octanol–water partition coefficient (Wildman–Crippen LogP) is 1.94. The van der Waals surface area contributed by atoms with Gasteiger partial charge in [-0.1, -0.05) is 13.8 Å². The predicted molar refractivity (Wildman–Crippen MR) is 56.2 cm³/mol. The molecule has 1 N–H and O–H groups in total. The van der Waals surface area contributed by atoms with Crippen LogP contribution in [0.25, 0.3) is 0 Å². The van der Waals surface area contributed by atoms with Crippen LogP contribution in [-0.2, 0) is 4.74 Å². The molecule has 2 nitrogen and oxygen atoms in total. The minimum Gasteiger partial charge on any atom is -0.373 e. The highest BCUT2D eigenvalue weighted by Gasteiger charge is 2.44. The molecule has 3 aliphatic rings. The molecule has 0 aromatic carbocycles. The summed E-state index contributed by atoms with van der Waals surface area (Å²) in [6.45, 7) is 4.74. The number of nitrogens with one attached hydrogen (secondary N) is 1. The lowest BCUT2D eigenvalue weighted by molar-refractivity contribution is 0.0795. The van der Waals surface area contributed by atoms with Gasteiger partial charge in [-0.2, -0.15) is 0 Å². The third kappa shape index (κ3) is 1.31. The summed E-state index contributed by atoms with van der Waals surface area (Å²) in [5, 5.41) is 3.80. The van der Waals surface area contributed by atoms with Crippen molar-refractivity contribution in [2.75, 3.05) is 0 Å². The van der Waals surface area contributed by atoms with Crippen LogP contribution in [0.3, 0.4) is 0 Å². The quantitative estimate of drug-likeness (QED) is 0.727. The van der Waals surface area contributed by atoms with Crippen molar-refractivity contribution in [1.29, 1.82) is 0 Å². The van der Waals surface area contributed by atoms with Gasteiger partial charge < -0.3 is 10.1 Å². The number of rotatable bonds is 2. The summed E-state index contributed by atoms with van der Waals surface area (Å²) in [4.78, 5) is 0. The molecule has 0 aromatic heterocycles. The Morgan fingerprint density at radius 3 is 2.43 bits per heavy atom. The molecule has 3 fully saturated rings. The molecule has 0 aromatic rings. The summed E-state index contributed by atoms with van der Waals surface area (Å²) >= 11 is 0. The maximum atomic E-state index is 5.85. The second kappa shape index (κ2) is 3.21. The van der Waals surface area contributed by atoms with E-state index in [1.54, 1.807) is 0 Å². The Bertz CT molecular complexity index is 230. The van der Waals surface area contributed by atoms with E-state index in [1.165, 1.54) is 25.7 Å². The van der Waals surface area contributed by atoms with E-state index >= 15 is 0 Å². The highest BCUT2D eigenvalue weighted by atomic mass is 16.5. The van der Waals surface area contributed by atoms with E-state index in [0.29, 0.717) is 18.2 Å². The van der Waals surface area contributed by atoms with Gasteiger partial charge in [-0.05, 0) is 37.5 Å². The summed E-state index contributed by atoms with van der Waals surface area (Å²) in [7, 11) is 0. The Morgan fingerprint density at radius 1 is 1.07 bits per heavy atom. The van der Waals surface area contributed by atoms with Gasteiger partial charge in [0.15, 0.2) is 0 Å². The maximum Gasteiger partial charge on any atom is 0.0733 e. The summed E-state index contributed by atoms with van der Waals surface area (Å²) < 4.78 is 5.85. The lowest BCUT2D eigenvalue weighted by atomic mass is 9.71. The number of hydrogen-bond acceptors (Lipinski definition) is 2. The van der Waals surface area contributed by atoms with Crippen LogP contribution >= 0.6 is 0 Å². The monoisotopic (exact) mass is 195 g/mol.